The van der Waals surface area contributed by atoms with Crippen molar-refractivity contribution in [3.63, 3.8) is 0 Å². The van der Waals surface area contributed by atoms with Crippen LogP contribution in [-0.2, 0) is 0 Å². The summed E-state index contributed by atoms with van der Waals surface area (Å²) in [5.74, 6) is -0.0195. The maximum Gasteiger partial charge on any atom is 0.214 e. The molecule has 0 radical (unpaired) electrons. The van der Waals surface area contributed by atoms with Gasteiger partial charge in [0.2, 0.25) is 12.2 Å². The quantitative estimate of drug-likeness (QED) is 0.359. The molecule has 0 bridgehead atoms. The van der Waals surface area contributed by atoms with E-state index in [1.807, 2.05) is 12.1 Å². The van der Waals surface area contributed by atoms with Gasteiger partial charge in [-0.05, 0) is 48.5 Å². The van der Waals surface area contributed by atoms with Crippen LogP contribution in [0.5, 0.6) is 5.75 Å². The number of halogens is 2. The van der Waals surface area contributed by atoms with Gasteiger partial charge in [-0.1, -0.05) is 34.6 Å². The minimum absolute atomic E-state index is 0.0440. The van der Waals surface area contributed by atoms with Gasteiger partial charge in [0.25, 0.3) is 0 Å². The number of hydrogen-bond acceptors (Lipinski definition) is 7. The molecule has 0 spiro atoms. The first-order chi connectivity index (χ1) is 15.6. The van der Waals surface area contributed by atoms with E-state index in [1.165, 1.54) is 35.0 Å². The van der Waals surface area contributed by atoms with E-state index in [-0.39, 0.29) is 23.0 Å². The first kappa shape index (κ1) is 20.2. The highest BCUT2D eigenvalue weighted by Crippen LogP contribution is 2.38. The molecule has 0 saturated carbocycles. The Morgan fingerprint density at radius 3 is 2.62 bits per heavy atom. The molecule has 0 unspecified atom stereocenters. The highest BCUT2D eigenvalue weighted by atomic mass is 35.5. The van der Waals surface area contributed by atoms with Gasteiger partial charge in [0.15, 0.2) is 11.6 Å². The third-order valence-corrected chi connectivity index (χ3v) is 5.83. The van der Waals surface area contributed by atoms with E-state index in [0.717, 1.165) is 4.90 Å². The molecule has 0 aliphatic heterocycles. The molecule has 0 saturated heterocycles. The van der Waals surface area contributed by atoms with Crippen LogP contribution in [0.3, 0.4) is 0 Å². The van der Waals surface area contributed by atoms with Crippen molar-refractivity contribution >= 4 is 23.4 Å². The zero-order valence-corrected chi connectivity index (χ0v) is 17.8. The maximum absolute atomic E-state index is 15.2. The van der Waals surface area contributed by atoms with Crippen molar-refractivity contribution in [2.45, 2.75) is 9.79 Å². The Labute approximate surface area is 190 Å². The number of pyridine rings is 1. The van der Waals surface area contributed by atoms with Gasteiger partial charge in [0, 0.05) is 33.4 Å². The smallest absolute Gasteiger partial charge is 0.214 e. The SMILES string of the molecule is Oc1cccnc1-n1cc(Sc2ccc(Cl)cc2)c(-c2ccc(-c3ncon3)cc2F)n1. The van der Waals surface area contributed by atoms with Crippen LogP contribution < -0.4 is 0 Å². The Morgan fingerprint density at radius 2 is 1.91 bits per heavy atom. The molecule has 0 amide bonds. The van der Waals surface area contributed by atoms with Crippen LogP contribution in [0, 0.1) is 5.82 Å². The van der Waals surface area contributed by atoms with E-state index < -0.39 is 5.82 Å². The fourth-order valence-corrected chi connectivity index (χ4v) is 4.12. The molecule has 2 aromatic carbocycles. The van der Waals surface area contributed by atoms with Gasteiger partial charge in [0.05, 0.1) is 4.90 Å². The predicted molar refractivity (Wildman–Crippen MR) is 117 cm³/mol. The molecule has 32 heavy (non-hydrogen) atoms. The van der Waals surface area contributed by atoms with Crippen LogP contribution in [0.1, 0.15) is 0 Å². The van der Waals surface area contributed by atoms with Crippen LogP contribution in [-0.4, -0.2) is 30.0 Å². The first-order valence-electron chi connectivity index (χ1n) is 9.32. The summed E-state index contributed by atoms with van der Waals surface area (Å²) in [6.07, 6.45) is 4.43. The van der Waals surface area contributed by atoms with Gasteiger partial charge in [-0.15, -0.1) is 0 Å². The number of aromatic nitrogens is 5. The molecule has 158 valence electrons. The van der Waals surface area contributed by atoms with Crippen molar-refractivity contribution in [2.75, 3.05) is 0 Å². The second-order valence-corrected chi connectivity index (χ2v) is 8.19. The molecule has 0 fully saturated rings. The standard InChI is InChI=1S/C22H13ClFN5O2S/c23-14-4-6-15(7-5-14)32-19-11-29(22-18(30)2-1-9-25-22)27-20(19)16-8-3-13(10-17(16)24)21-26-12-31-28-21/h1-12,30H. The van der Waals surface area contributed by atoms with Crippen molar-refractivity contribution in [3.05, 3.63) is 84.2 Å². The van der Waals surface area contributed by atoms with Gasteiger partial charge >= 0.3 is 0 Å². The molecule has 7 nitrogen and oxygen atoms in total. The summed E-state index contributed by atoms with van der Waals surface area (Å²) in [5, 5.41) is 19.1. The summed E-state index contributed by atoms with van der Waals surface area (Å²) in [7, 11) is 0. The van der Waals surface area contributed by atoms with Crippen molar-refractivity contribution in [2.24, 2.45) is 0 Å². The number of hydrogen-bond donors (Lipinski definition) is 1. The molecule has 5 aromatic rings. The van der Waals surface area contributed by atoms with Crippen molar-refractivity contribution in [3.8, 4) is 34.2 Å². The first-order valence-corrected chi connectivity index (χ1v) is 10.5. The van der Waals surface area contributed by atoms with Crippen molar-refractivity contribution in [1.82, 2.24) is 24.9 Å². The third kappa shape index (κ3) is 3.95. The summed E-state index contributed by atoms with van der Waals surface area (Å²) < 4.78 is 21.3. The fraction of sp³-hybridized carbons (Fsp3) is 0. The van der Waals surface area contributed by atoms with Crippen LogP contribution in [0.25, 0.3) is 28.5 Å². The Morgan fingerprint density at radius 1 is 1.06 bits per heavy atom. The lowest BCUT2D eigenvalue weighted by atomic mass is 10.1. The van der Waals surface area contributed by atoms with Crippen LogP contribution in [0.15, 0.2) is 87.7 Å². The molecule has 0 aliphatic rings. The van der Waals surface area contributed by atoms with E-state index in [0.29, 0.717) is 21.2 Å². The zero-order chi connectivity index (χ0) is 22.1. The second-order valence-electron chi connectivity index (χ2n) is 6.64. The number of nitrogens with zero attached hydrogens (tertiary/aromatic N) is 5. The average molecular weight is 466 g/mol. The molecule has 0 aliphatic carbocycles. The maximum atomic E-state index is 15.2. The van der Waals surface area contributed by atoms with E-state index in [4.69, 9.17) is 16.1 Å². The van der Waals surface area contributed by atoms with Gasteiger partial charge < -0.3 is 9.63 Å². The largest absolute Gasteiger partial charge is 0.504 e. The highest BCUT2D eigenvalue weighted by Gasteiger charge is 2.19. The van der Waals surface area contributed by atoms with E-state index >= 15 is 4.39 Å². The summed E-state index contributed by atoms with van der Waals surface area (Å²) >= 11 is 7.39. The number of benzene rings is 2. The minimum atomic E-state index is -0.499. The zero-order valence-electron chi connectivity index (χ0n) is 16.2. The lowest BCUT2D eigenvalue weighted by molar-refractivity contribution is 0.418. The topological polar surface area (TPSA) is 89.9 Å². The minimum Gasteiger partial charge on any atom is -0.504 e. The van der Waals surface area contributed by atoms with E-state index in [2.05, 4.69) is 20.2 Å². The summed E-state index contributed by atoms with van der Waals surface area (Å²) in [6.45, 7) is 0. The van der Waals surface area contributed by atoms with Crippen molar-refractivity contribution < 1.29 is 14.0 Å². The predicted octanol–water partition coefficient (Wildman–Crippen LogP) is 5.63. The summed E-state index contributed by atoms with van der Waals surface area (Å²) in [5.41, 5.74) is 1.16. The number of rotatable bonds is 5. The fourth-order valence-electron chi connectivity index (χ4n) is 3.07. The lowest BCUT2D eigenvalue weighted by Gasteiger charge is -2.05. The average Bonchev–Trinajstić information content (AvgIpc) is 3.46. The van der Waals surface area contributed by atoms with Crippen LogP contribution in [0.2, 0.25) is 5.02 Å². The van der Waals surface area contributed by atoms with E-state index in [9.17, 15) is 5.11 Å². The molecule has 10 heteroatoms. The third-order valence-electron chi connectivity index (χ3n) is 4.55. The molecule has 5 rings (SSSR count). The molecule has 3 aromatic heterocycles. The molecule has 1 N–H and O–H groups in total. The highest BCUT2D eigenvalue weighted by molar-refractivity contribution is 7.99. The van der Waals surface area contributed by atoms with Gasteiger partial charge in [-0.25, -0.2) is 14.1 Å². The van der Waals surface area contributed by atoms with Crippen molar-refractivity contribution in [1.29, 1.82) is 0 Å². The Bertz CT molecular complexity index is 1390. The number of aromatic hydroxyl groups is 1. The Balaban J connectivity index is 1.61. The lowest BCUT2D eigenvalue weighted by Crippen LogP contribution is -1.98. The summed E-state index contributed by atoms with van der Waals surface area (Å²) in [6, 6.07) is 15.0. The summed E-state index contributed by atoms with van der Waals surface area (Å²) in [4.78, 5) is 9.70. The van der Waals surface area contributed by atoms with E-state index in [1.54, 1.807) is 42.7 Å². The van der Waals surface area contributed by atoms with Crippen LogP contribution in [0.4, 0.5) is 4.39 Å². The Kier molecular flexibility index (Phi) is 5.34. The van der Waals surface area contributed by atoms with Gasteiger partial charge in [0.1, 0.15) is 11.5 Å². The Hall–Kier alpha value is -3.69. The van der Waals surface area contributed by atoms with Gasteiger partial charge in [-0.3, -0.25) is 0 Å². The molecular formula is C22H13ClFN5O2S. The molecular weight excluding hydrogens is 453 g/mol. The second kappa shape index (κ2) is 8.45. The normalized spacial score (nSPS) is 11.1. The van der Waals surface area contributed by atoms with Gasteiger partial charge in [-0.2, -0.15) is 10.1 Å². The monoisotopic (exact) mass is 465 g/mol. The molecule has 0 atom stereocenters. The molecule has 3 heterocycles. The van der Waals surface area contributed by atoms with Crippen LogP contribution >= 0.6 is 23.4 Å².